The van der Waals surface area contributed by atoms with Gasteiger partial charge in [0.25, 0.3) is 0 Å². The van der Waals surface area contributed by atoms with Crippen LogP contribution >= 0.6 is 0 Å². The summed E-state index contributed by atoms with van der Waals surface area (Å²) in [6.45, 7) is 6.46. The Labute approximate surface area is 86.6 Å². The Morgan fingerprint density at radius 3 is 2.43 bits per heavy atom. The molecule has 0 radical (unpaired) electrons. The zero-order valence-corrected chi connectivity index (χ0v) is 9.38. The lowest BCUT2D eigenvalue weighted by atomic mass is 10.1. The van der Waals surface area contributed by atoms with Crippen LogP contribution in [-0.2, 0) is 9.53 Å². The van der Waals surface area contributed by atoms with Gasteiger partial charge in [0.2, 0.25) is 0 Å². The van der Waals surface area contributed by atoms with Crippen LogP contribution in [0.3, 0.4) is 0 Å². The molecule has 0 saturated carbocycles. The molecule has 0 aromatic carbocycles. The average Bonchev–Trinajstić information content (AvgIpc) is 2.19. The van der Waals surface area contributed by atoms with E-state index in [9.17, 15) is 4.79 Å². The van der Waals surface area contributed by atoms with Gasteiger partial charge in [-0.1, -0.05) is 38.0 Å². The molecular weight excluding hydrogens is 176 g/mol. The van der Waals surface area contributed by atoms with E-state index in [4.69, 9.17) is 4.74 Å². The minimum atomic E-state index is -0.261. The van der Waals surface area contributed by atoms with Crippen molar-refractivity contribution in [3.63, 3.8) is 0 Å². The molecule has 0 aliphatic rings. The highest BCUT2D eigenvalue weighted by atomic mass is 16.5. The maximum atomic E-state index is 11.0. The second-order valence-electron chi connectivity index (χ2n) is 3.01. The molecule has 2 heteroatoms. The van der Waals surface area contributed by atoms with Crippen LogP contribution in [-0.4, -0.2) is 12.6 Å². The first-order chi connectivity index (χ1) is 6.74. The molecule has 0 amide bonds. The number of carbonyl (C=O) groups is 1. The lowest BCUT2D eigenvalue weighted by molar-refractivity contribution is -0.137. The van der Waals surface area contributed by atoms with E-state index >= 15 is 0 Å². The van der Waals surface area contributed by atoms with Crippen LogP contribution in [0.4, 0.5) is 0 Å². The highest BCUT2D eigenvalue weighted by Crippen LogP contribution is 2.05. The monoisotopic (exact) mass is 196 g/mol. The largest absolute Gasteiger partial charge is 0.463 e. The standard InChI is InChI=1S/C12H20O2/c1-4-7-8-11(5-2)9-10-12(13)14-6-3/h8-10H,4-7H2,1-3H3/b10-9+,11-8+. The lowest BCUT2D eigenvalue weighted by Crippen LogP contribution is -1.98. The van der Waals surface area contributed by atoms with E-state index in [2.05, 4.69) is 19.9 Å². The molecule has 0 aliphatic carbocycles. The Morgan fingerprint density at radius 1 is 1.21 bits per heavy atom. The molecule has 0 rings (SSSR count). The third-order valence-electron chi connectivity index (χ3n) is 1.82. The third kappa shape index (κ3) is 6.46. The van der Waals surface area contributed by atoms with Gasteiger partial charge < -0.3 is 4.74 Å². The molecule has 0 heterocycles. The molecule has 0 aromatic heterocycles. The maximum absolute atomic E-state index is 11.0. The zero-order valence-electron chi connectivity index (χ0n) is 9.38. The van der Waals surface area contributed by atoms with Crippen molar-refractivity contribution in [2.45, 2.75) is 40.0 Å². The summed E-state index contributed by atoms with van der Waals surface area (Å²) in [6, 6.07) is 0. The van der Waals surface area contributed by atoms with Crippen LogP contribution in [0.1, 0.15) is 40.0 Å². The Kier molecular flexibility index (Phi) is 7.90. The van der Waals surface area contributed by atoms with Crippen molar-refractivity contribution in [3.05, 3.63) is 23.8 Å². The fraction of sp³-hybridized carbons (Fsp3) is 0.583. The predicted octanol–water partition coefficient (Wildman–Crippen LogP) is 3.24. The van der Waals surface area contributed by atoms with Crippen LogP contribution in [0.15, 0.2) is 23.8 Å². The number of hydrogen-bond donors (Lipinski definition) is 0. The highest BCUT2D eigenvalue weighted by Gasteiger charge is 1.94. The van der Waals surface area contributed by atoms with Gasteiger partial charge in [-0.3, -0.25) is 0 Å². The fourth-order valence-corrected chi connectivity index (χ4v) is 1.03. The maximum Gasteiger partial charge on any atom is 0.330 e. The summed E-state index contributed by atoms with van der Waals surface area (Å²) >= 11 is 0. The van der Waals surface area contributed by atoms with Crippen molar-refractivity contribution in [2.75, 3.05) is 6.61 Å². The minimum Gasteiger partial charge on any atom is -0.463 e. The van der Waals surface area contributed by atoms with E-state index < -0.39 is 0 Å². The van der Waals surface area contributed by atoms with Gasteiger partial charge in [-0.2, -0.15) is 0 Å². The first kappa shape index (κ1) is 12.9. The molecule has 0 atom stereocenters. The first-order valence-corrected chi connectivity index (χ1v) is 5.28. The van der Waals surface area contributed by atoms with Crippen LogP contribution in [0.2, 0.25) is 0 Å². The number of allylic oxidation sites excluding steroid dienone is 3. The van der Waals surface area contributed by atoms with E-state index in [-0.39, 0.29) is 5.97 Å². The van der Waals surface area contributed by atoms with E-state index in [0.29, 0.717) is 6.61 Å². The molecule has 0 saturated heterocycles. The quantitative estimate of drug-likeness (QED) is 0.370. The third-order valence-corrected chi connectivity index (χ3v) is 1.82. The molecule has 0 N–H and O–H groups in total. The molecule has 0 unspecified atom stereocenters. The summed E-state index contributed by atoms with van der Waals surface area (Å²) < 4.78 is 4.79. The lowest BCUT2D eigenvalue weighted by Gasteiger charge is -1.97. The number of unbranched alkanes of at least 4 members (excludes halogenated alkanes) is 1. The molecule has 14 heavy (non-hydrogen) atoms. The van der Waals surface area contributed by atoms with Crippen LogP contribution in [0.5, 0.6) is 0 Å². The Bertz CT molecular complexity index is 214. The second kappa shape index (κ2) is 8.54. The summed E-state index contributed by atoms with van der Waals surface area (Å²) in [5, 5.41) is 0. The van der Waals surface area contributed by atoms with Gasteiger partial charge in [0.15, 0.2) is 0 Å². The highest BCUT2D eigenvalue weighted by molar-refractivity contribution is 5.82. The molecule has 2 nitrogen and oxygen atoms in total. The minimum absolute atomic E-state index is 0.261. The van der Waals surface area contributed by atoms with Gasteiger partial charge in [-0.25, -0.2) is 4.79 Å². The van der Waals surface area contributed by atoms with Gasteiger partial charge in [0.05, 0.1) is 6.61 Å². The number of carbonyl (C=O) groups excluding carboxylic acids is 1. The molecule has 0 fully saturated rings. The van der Waals surface area contributed by atoms with Gasteiger partial charge in [0.1, 0.15) is 0 Å². The van der Waals surface area contributed by atoms with Crippen molar-refractivity contribution in [1.82, 2.24) is 0 Å². The Balaban J connectivity index is 4.09. The molecule has 0 aliphatic heterocycles. The summed E-state index contributed by atoms with van der Waals surface area (Å²) in [4.78, 5) is 11.0. The molecular formula is C12H20O2. The number of rotatable bonds is 6. The van der Waals surface area contributed by atoms with E-state index in [1.54, 1.807) is 6.92 Å². The van der Waals surface area contributed by atoms with Crippen LogP contribution in [0, 0.1) is 0 Å². The molecule has 0 aromatic rings. The summed E-state index contributed by atoms with van der Waals surface area (Å²) in [7, 11) is 0. The smallest absolute Gasteiger partial charge is 0.330 e. The van der Waals surface area contributed by atoms with E-state index in [1.807, 2.05) is 6.08 Å². The fourth-order valence-electron chi connectivity index (χ4n) is 1.03. The summed E-state index contributed by atoms with van der Waals surface area (Å²) in [5.41, 5.74) is 1.19. The zero-order chi connectivity index (χ0) is 10.8. The SMILES string of the molecule is CCC/C=C(/C=C/C(=O)OCC)CC. The van der Waals surface area contributed by atoms with Gasteiger partial charge in [-0.05, 0) is 19.8 Å². The van der Waals surface area contributed by atoms with Gasteiger partial charge in [-0.15, -0.1) is 0 Å². The Hall–Kier alpha value is -1.05. The van der Waals surface area contributed by atoms with Gasteiger partial charge in [0, 0.05) is 6.08 Å². The van der Waals surface area contributed by atoms with Gasteiger partial charge >= 0.3 is 5.97 Å². The van der Waals surface area contributed by atoms with Crippen molar-refractivity contribution < 1.29 is 9.53 Å². The van der Waals surface area contributed by atoms with E-state index in [1.165, 1.54) is 11.6 Å². The average molecular weight is 196 g/mol. The molecule has 0 spiro atoms. The second-order valence-corrected chi connectivity index (χ2v) is 3.01. The van der Waals surface area contributed by atoms with Crippen molar-refractivity contribution in [3.8, 4) is 0 Å². The topological polar surface area (TPSA) is 26.3 Å². The van der Waals surface area contributed by atoms with Crippen molar-refractivity contribution in [1.29, 1.82) is 0 Å². The Morgan fingerprint density at radius 2 is 1.93 bits per heavy atom. The normalized spacial score (nSPS) is 12.1. The van der Waals surface area contributed by atoms with Crippen molar-refractivity contribution in [2.24, 2.45) is 0 Å². The van der Waals surface area contributed by atoms with E-state index in [0.717, 1.165) is 19.3 Å². The number of esters is 1. The van der Waals surface area contributed by atoms with Crippen molar-refractivity contribution >= 4 is 5.97 Å². The first-order valence-electron chi connectivity index (χ1n) is 5.28. The molecule has 80 valence electrons. The number of ether oxygens (including phenoxy) is 1. The molecule has 0 bridgehead atoms. The predicted molar refractivity (Wildman–Crippen MR) is 59.1 cm³/mol. The number of hydrogen-bond acceptors (Lipinski definition) is 2. The summed E-state index contributed by atoms with van der Waals surface area (Å²) in [6.07, 6.45) is 8.65. The summed E-state index contributed by atoms with van der Waals surface area (Å²) in [5.74, 6) is -0.261. The van der Waals surface area contributed by atoms with Crippen LogP contribution in [0.25, 0.3) is 0 Å². The van der Waals surface area contributed by atoms with Crippen LogP contribution < -0.4 is 0 Å².